The minimum Gasteiger partial charge on any atom is -0.497 e. The summed E-state index contributed by atoms with van der Waals surface area (Å²) in [6, 6.07) is 30.8. The van der Waals surface area contributed by atoms with Gasteiger partial charge in [0.15, 0.2) is 0 Å². The van der Waals surface area contributed by atoms with Crippen LogP contribution < -0.4 is 24.8 Å². The van der Waals surface area contributed by atoms with Crippen molar-refractivity contribution in [2.75, 3.05) is 19.5 Å². The van der Waals surface area contributed by atoms with E-state index >= 15 is 0 Å². The summed E-state index contributed by atoms with van der Waals surface area (Å²) >= 11 is 0. The number of methoxy groups -OCH3 is 2. The van der Waals surface area contributed by atoms with E-state index in [2.05, 4.69) is 10.6 Å². The van der Waals surface area contributed by atoms with Crippen LogP contribution in [-0.2, 0) is 29.2 Å². The number of hydrogen-bond acceptors (Lipinski definition) is 6. The predicted octanol–water partition coefficient (Wildman–Crippen LogP) is 5.76. The van der Waals surface area contributed by atoms with Crippen LogP contribution in [0.25, 0.3) is 0 Å². The topological polar surface area (TPSA) is 95.1 Å². The van der Waals surface area contributed by atoms with E-state index < -0.39 is 18.0 Å². The number of carbonyl (C=O) groups is 2. The second-order valence-corrected chi connectivity index (χ2v) is 8.94. The molecule has 40 heavy (non-hydrogen) atoms. The van der Waals surface area contributed by atoms with Gasteiger partial charge in [0.05, 0.1) is 19.9 Å². The summed E-state index contributed by atoms with van der Waals surface area (Å²) in [6.07, 6.45) is -0.484. The van der Waals surface area contributed by atoms with Crippen LogP contribution in [-0.4, -0.2) is 32.3 Å². The minimum absolute atomic E-state index is 0.0815. The molecule has 4 aromatic rings. The van der Waals surface area contributed by atoms with Crippen molar-refractivity contribution in [2.45, 2.75) is 25.7 Å². The van der Waals surface area contributed by atoms with E-state index in [-0.39, 0.29) is 13.0 Å². The molecule has 0 spiro atoms. The Morgan fingerprint density at radius 2 is 1.32 bits per heavy atom. The Labute approximate surface area is 233 Å². The molecule has 2 amide bonds. The summed E-state index contributed by atoms with van der Waals surface area (Å²) in [5, 5.41) is 5.55. The van der Waals surface area contributed by atoms with Gasteiger partial charge in [-0.05, 0) is 41.0 Å². The molecule has 8 heteroatoms. The third-order valence-electron chi connectivity index (χ3n) is 6.10. The van der Waals surface area contributed by atoms with Crippen LogP contribution in [0.4, 0.5) is 10.5 Å². The van der Waals surface area contributed by atoms with Gasteiger partial charge in [-0.3, -0.25) is 4.79 Å². The number of carbonyl (C=O) groups excluding carboxylic acids is 2. The fourth-order valence-corrected chi connectivity index (χ4v) is 3.95. The minimum atomic E-state index is -0.935. The summed E-state index contributed by atoms with van der Waals surface area (Å²) in [6.45, 7) is 0.528. The molecule has 0 unspecified atom stereocenters. The van der Waals surface area contributed by atoms with Gasteiger partial charge in [0.2, 0.25) is 5.91 Å². The van der Waals surface area contributed by atoms with Gasteiger partial charge < -0.3 is 29.6 Å². The van der Waals surface area contributed by atoms with Gasteiger partial charge in [-0.1, -0.05) is 72.8 Å². The van der Waals surface area contributed by atoms with Crippen molar-refractivity contribution in [3.8, 4) is 17.2 Å². The van der Waals surface area contributed by atoms with Crippen molar-refractivity contribution in [1.29, 1.82) is 0 Å². The van der Waals surface area contributed by atoms with Crippen LogP contribution >= 0.6 is 0 Å². The molecule has 0 bridgehead atoms. The maximum atomic E-state index is 13.4. The van der Waals surface area contributed by atoms with E-state index in [1.54, 1.807) is 18.2 Å². The summed E-state index contributed by atoms with van der Waals surface area (Å²) in [7, 11) is 3.04. The van der Waals surface area contributed by atoms with Crippen molar-refractivity contribution >= 4 is 17.7 Å². The Morgan fingerprint density at radius 1 is 0.700 bits per heavy atom. The molecule has 8 nitrogen and oxygen atoms in total. The zero-order valence-electron chi connectivity index (χ0n) is 22.5. The first-order valence-corrected chi connectivity index (χ1v) is 12.8. The highest BCUT2D eigenvalue weighted by Gasteiger charge is 2.24. The summed E-state index contributed by atoms with van der Waals surface area (Å²) < 4.78 is 21.9. The molecule has 4 aromatic carbocycles. The highest BCUT2D eigenvalue weighted by Crippen LogP contribution is 2.29. The van der Waals surface area contributed by atoms with E-state index in [1.807, 2.05) is 84.9 Å². The Balaban J connectivity index is 1.45. The maximum absolute atomic E-state index is 13.4. The zero-order valence-corrected chi connectivity index (χ0v) is 22.5. The third-order valence-corrected chi connectivity index (χ3v) is 6.10. The second-order valence-electron chi connectivity index (χ2n) is 8.94. The smallest absolute Gasteiger partial charge is 0.408 e. The Morgan fingerprint density at radius 3 is 1.95 bits per heavy atom. The number of ether oxygens (including phenoxy) is 4. The molecule has 1 atom stereocenters. The lowest BCUT2D eigenvalue weighted by Crippen LogP contribution is -2.45. The molecule has 2 N–H and O–H groups in total. The molecule has 0 radical (unpaired) electrons. The van der Waals surface area contributed by atoms with Crippen LogP contribution in [0.15, 0.2) is 103 Å². The molecule has 206 valence electrons. The van der Waals surface area contributed by atoms with E-state index in [0.29, 0.717) is 29.5 Å². The quantitative estimate of drug-likeness (QED) is 0.237. The summed E-state index contributed by atoms with van der Waals surface area (Å²) in [5.74, 6) is 1.27. The van der Waals surface area contributed by atoms with Gasteiger partial charge in [-0.15, -0.1) is 0 Å². The summed E-state index contributed by atoms with van der Waals surface area (Å²) in [4.78, 5) is 26.1. The Bertz CT molecular complexity index is 1380. The number of hydrogen-bond donors (Lipinski definition) is 2. The average molecular weight is 541 g/mol. The van der Waals surface area contributed by atoms with Gasteiger partial charge in [-0.2, -0.15) is 0 Å². The van der Waals surface area contributed by atoms with Crippen LogP contribution in [0.2, 0.25) is 0 Å². The molecule has 0 heterocycles. The van der Waals surface area contributed by atoms with Gasteiger partial charge in [-0.25, -0.2) is 4.79 Å². The number of rotatable bonds is 12. The van der Waals surface area contributed by atoms with Crippen molar-refractivity contribution in [1.82, 2.24) is 5.32 Å². The van der Waals surface area contributed by atoms with Gasteiger partial charge in [0.25, 0.3) is 0 Å². The molecular weight excluding hydrogens is 508 g/mol. The number of anilines is 1. The monoisotopic (exact) mass is 540 g/mol. The first kappa shape index (κ1) is 28.0. The van der Waals surface area contributed by atoms with Gasteiger partial charge >= 0.3 is 6.09 Å². The molecule has 0 saturated carbocycles. The molecule has 0 aliphatic carbocycles. The zero-order chi connectivity index (χ0) is 28.2. The Kier molecular flexibility index (Phi) is 9.99. The van der Waals surface area contributed by atoms with E-state index in [0.717, 1.165) is 16.7 Å². The SMILES string of the molecule is COc1ccc(OC)c(NC(=O)[C@H](Cc2ccc(OCc3ccccc3)cc2)NC(=O)OCc2ccccc2)c1. The normalized spacial score (nSPS) is 11.2. The van der Waals surface area contributed by atoms with Crippen molar-refractivity contribution in [3.05, 3.63) is 120 Å². The number of benzene rings is 4. The van der Waals surface area contributed by atoms with Crippen LogP contribution in [0.3, 0.4) is 0 Å². The molecule has 0 saturated heterocycles. The first-order chi connectivity index (χ1) is 19.5. The first-order valence-electron chi connectivity index (χ1n) is 12.8. The van der Waals surface area contributed by atoms with Gasteiger partial charge in [0, 0.05) is 12.5 Å². The second kappa shape index (κ2) is 14.2. The van der Waals surface area contributed by atoms with Gasteiger partial charge in [0.1, 0.15) is 36.5 Å². The number of nitrogens with one attached hydrogen (secondary N) is 2. The molecule has 0 aromatic heterocycles. The number of alkyl carbamates (subject to hydrolysis) is 1. The molecule has 0 fully saturated rings. The lowest BCUT2D eigenvalue weighted by atomic mass is 10.0. The van der Waals surface area contributed by atoms with Crippen molar-refractivity contribution < 1.29 is 28.5 Å². The van der Waals surface area contributed by atoms with E-state index in [9.17, 15) is 9.59 Å². The largest absolute Gasteiger partial charge is 0.497 e. The molecule has 0 aliphatic heterocycles. The van der Waals surface area contributed by atoms with Crippen LogP contribution in [0.1, 0.15) is 16.7 Å². The average Bonchev–Trinajstić information content (AvgIpc) is 3.00. The molecule has 0 aliphatic rings. The summed E-state index contributed by atoms with van der Waals surface area (Å²) in [5.41, 5.74) is 3.15. The fraction of sp³-hybridized carbons (Fsp3) is 0.188. The standard InChI is InChI=1S/C32H32N2O6/c1-37-27-17-18-30(38-2)28(20-27)33-31(35)29(34-32(36)40-22-25-11-7-4-8-12-25)19-23-13-15-26(16-14-23)39-21-24-9-5-3-6-10-24/h3-18,20,29H,19,21-22H2,1-2H3,(H,33,35)(H,34,36)/t29-/m0/s1. The van der Waals surface area contributed by atoms with E-state index in [1.165, 1.54) is 14.2 Å². The number of amides is 2. The van der Waals surface area contributed by atoms with Crippen LogP contribution in [0, 0.1) is 0 Å². The lowest BCUT2D eigenvalue weighted by molar-refractivity contribution is -0.118. The molecular formula is C32H32N2O6. The highest BCUT2D eigenvalue weighted by atomic mass is 16.5. The highest BCUT2D eigenvalue weighted by molar-refractivity contribution is 5.98. The molecule has 4 rings (SSSR count). The maximum Gasteiger partial charge on any atom is 0.408 e. The lowest BCUT2D eigenvalue weighted by Gasteiger charge is -2.20. The predicted molar refractivity (Wildman–Crippen MR) is 153 cm³/mol. The van der Waals surface area contributed by atoms with E-state index in [4.69, 9.17) is 18.9 Å². The fourth-order valence-electron chi connectivity index (χ4n) is 3.95. The van der Waals surface area contributed by atoms with Crippen molar-refractivity contribution in [2.24, 2.45) is 0 Å². The Hall–Kier alpha value is -4.98. The van der Waals surface area contributed by atoms with Crippen molar-refractivity contribution in [3.63, 3.8) is 0 Å². The van der Waals surface area contributed by atoms with Crippen LogP contribution in [0.5, 0.6) is 17.2 Å². The third kappa shape index (κ3) is 8.26.